The summed E-state index contributed by atoms with van der Waals surface area (Å²) >= 11 is 0. The van der Waals surface area contributed by atoms with Crippen LogP contribution >= 0.6 is 0 Å². The molecule has 7 heteroatoms. The van der Waals surface area contributed by atoms with Crippen LogP contribution in [0.2, 0.25) is 0 Å². The molecule has 1 saturated heterocycles. The van der Waals surface area contributed by atoms with Crippen LogP contribution in [0, 0.1) is 5.92 Å². The smallest absolute Gasteiger partial charge is 0.320 e. The molecule has 1 heterocycles. The number of piperidine rings is 1. The van der Waals surface area contributed by atoms with Crippen LogP contribution in [0.4, 0.5) is 8.78 Å². The van der Waals surface area contributed by atoms with E-state index in [1.807, 2.05) is 7.05 Å². The van der Waals surface area contributed by atoms with Gasteiger partial charge in [0.15, 0.2) is 0 Å². The Hall–Kier alpha value is -0.270. The first-order valence-electron chi connectivity index (χ1n) is 5.40. The predicted octanol–water partition coefficient (Wildman–Crippen LogP) is 0.860. The van der Waals surface area contributed by atoms with Gasteiger partial charge in [0.05, 0.1) is 0 Å². The number of alkyl halides is 2. The standard InChI is InChI=1S/C9H18F2N2O2S/c1-12-5-2-8-3-6-13(7-4-8)16(14,15)9(10)11/h8-9,12H,2-7H2,1H3. The van der Waals surface area contributed by atoms with E-state index in [9.17, 15) is 17.2 Å². The molecule has 0 spiro atoms. The number of halogens is 2. The van der Waals surface area contributed by atoms with Gasteiger partial charge in [0.2, 0.25) is 0 Å². The van der Waals surface area contributed by atoms with Gasteiger partial charge in [0.25, 0.3) is 10.0 Å². The van der Waals surface area contributed by atoms with Gasteiger partial charge in [0, 0.05) is 13.1 Å². The van der Waals surface area contributed by atoms with Crippen LogP contribution < -0.4 is 5.32 Å². The molecule has 1 fully saturated rings. The van der Waals surface area contributed by atoms with Crippen molar-refractivity contribution in [3.63, 3.8) is 0 Å². The summed E-state index contributed by atoms with van der Waals surface area (Å²) in [6, 6.07) is 0. The molecule has 0 amide bonds. The van der Waals surface area contributed by atoms with Crippen LogP contribution in [0.25, 0.3) is 0 Å². The van der Waals surface area contributed by atoms with Crippen molar-refractivity contribution in [3.05, 3.63) is 0 Å². The zero-order valence-electron chi connectivity index (χ0n) is 9.33. The molecule has 0 bridgehead atoms. The fourth-order valence-corrected chi connectivity index (χ4v) is 2.86. The third-order valence-electron chi connectivity index (χ3n) is 2.96. The summed E-state index contributed by atoms with van der Waals surface area (Å²) in [5, 5.41) is 3.02. The van der Waals surface area contributed by atoms with Gasteiger partial charge in [-0.1, -0.05) is 0 Å². The molecule has 0 aromatic heterocycles. The Kier molecular flexibility index (Phi) is 5.07. The van der Waals surface area contributed by atoms with Crippen molar-refractivity contribution in [3.8, 4) is 0 Å². The summed E-state index contributed by atoms with van der Waals surface area (Å²) in [6.07, 6.45) is 2.32. The summed E-state index contributed by atoms with van der Waals surface area (Å²) in [5.74, 6) is -2.85. The van der Waals surface area contributed by atoms with Gasteiger partial charge in [-0.25, -0.2) is 8.42 Å². The topological polar surface area (TPSA) is 49.4 Å². The number of hydrogen-bond acceptors (Lipinski definition) is 3. The lowest BCUT2D eigenvalue weighted by atomic mass is 9.95. The molecule has 0 radical (unpaired) electrons. The van der Waals surface area contributed by atoms with E-state index < -0.39 is 15.8 Å². The van der Waals surface area contributed by atoms with E-state index >= 15 is 0 Å². The second kappa shape index (κ2) is 5.88. The molecule has 0 saturated carbocycles. The second-order valence-electron chi connectivity index (χ2n) is 4.04. The van der Waals surface area contributed by atoms with Gasteiger partial charge < -0.3 is 5.32 Å². The summed E-state index contributed by atoms with van der Waals surface area (Å²) in [7, 11) is -2.50. The van der Waals surface area contributed by atoms with Crippen LogP contribution in [0.5, 0.6) is 0 Å². The number of rotatable bonds is 5. The molecule has 96 valence electrons. The molecule has 1 aliphatic rings. The van der Waals surface area contributed by atoms with Crippen molar-refractivity contribution >= 4 is 10.0 Å². The molecule has 0 atom stereocenters. The highest BCUT2D eigenvalue weighted by molar-refractivity contribution is 7.89. The monoisotopic (exact) mass is 256 g/mol. The Labute approximate surface area is 95.1 Å². The van der Waals surface area contributed by atoms with Gasteiger partial charge in [-0.15, -0.1) is 0 Å². The van der Waals surface area contributed by atoms with Gasteiger partial charge in [-0.3, -0.25) is 0 Å². The second-order valence-corrected chi connectivity index (χ2v) is 5.94. The lowest BCUT2D eigenvalue weighted by Gasteiger charge is -2.30. The fourth-order valence-electron chi connectivity index (χ4n) is 1.91. The highest BCUT2D eigenvalue weighted by Gasteiger charge is 2.34. The molecule has 0 aromatic rings. The molecular formula is C9H18F2N2O2S. The highest BCUT2D eigenvalue weighted by atomic mass is 32.2. The maximum atomic E-state index is 12.3. The van der Waals surface area contributed by atoms with Crippen molar-refractivity contribution in [2.75, 3.05) is 26.7 Å². The van der Waals surface area contributed by atoms with E-state index in [-0.39, 0.29) is 13.1 Å². The van der Waals surface area contributed by atoms with Crippen LogP contribution in [-0.4, -0.2) is 45.2 Å². The first-order valence-corrected chi connectivity index (χ1v) is 6.90. The maximum absolute atomic E-state index is 12.3. The molecule has 1 aliphatic heterocycles. The SMILES string of the molecule is CNCCC1CCN(S(=O)(=O)C(F)F)CC1. The van der Waals surface area contributed by atoms with Crippen molar-refractivity contribution in [1.82, 2.24) is 9.62 Å². The average Bonchev–Trinajstić information content (AvgIpc) is 2.26. The van der Waals surface area contributed by atoms with E-state index in [1.165, 1.54) is 0 Å². The van der Waals surface area contributed by atoms with Gasteiger partial charge >= 0.3 is 5.76 Å². The van der Waals surface area contributed by atoms with E-state index in [0.29, 0.717) is 18.8 Å². The van der Waals surface area contributed by atoms with Gasteiger partial charge in [-0.2, -0.15) is 13.1 Å². The van der Waals surface area contributed by atoms with Crippen LogP contribution in [-0.2, 0) is 10.0 Å². The zero-order valence-corrected chi connectivity index (χ0v) is 10.1. The van der Waals surface area contributed by atoms with Crippen LogP contribution in [0.1, 0.15) is 19.3 Å². The van der Waals surface area contributed by atoms with Gasteiger partial charge in [-0.05, 0) is 38.8 Å². The van der Waals surface area contributed by atoms with Gasteiger partial charge in [0.1, 0.15) is 0 Å². The predicted molar refractivity (Wildman–Crippen MR) is 57.8 cm³/mol. The molecule has 1 rings (SSSR count). The minimum atomic E-state index is -4.36. The Balaban J connectivity index is 2.43. The molecule has 0 unspecified atom stereocenters. The number of hydrogen-bond donors (Lipinski definition) is 1. The fraction of sp³-hybridized carbons (Fsp3) is 1.00. The summed E-state index contributed by atoms with van der Waals surface area (Å²) in [6.45, 7) is 1.33. The summed E-state index contributed by atoms with van der Waals surface area (Å²) < 4.78 is 47.8. The van der Waals surface area contributed by atoms with Crippen LogP contribution in [0.15, 0.2) is 0 Å². The summed E-state index contributed by atoms with van der Waals surface area (Å²) in [5.41, 5.74) is 0. The average molecular weight is 256 g/mol. The van der Waals surface area contributed by atoms with E-state index in [2.05, 4.69) is 5.32 Å². The molecule has 16 heavy (non-hydrogen) atoms. The lowest BCUT2D eigenvalue weighted by Crippen LogP contribution is -2.41. The van der Waals surface area contributed by atoms with E-state index in [0.717, 1.165) is 17.3 Å². The largest absolute Gasteiger partial charge is 0.350 e. The van der Waals surface area contributed by atoms with Crippen molar-refractivity contribution in [2.24, 2.45) is 5.92 Å². The Bertz CT molecular complexity index is 301. The Morgan fingerprint density at radius 1 is 1.38 bits per heavy atom. The normalized spacial score (nSPS) is 20.5. The van der Waals surface area contributed by atoms with Crippen molar-refractivity contribution in [1.29, 1.82) is 0 Å². The lowest BCUT2D eigenvalue weighted by molar-refractivity contribution is 0.202. The first-order chi connectivity index (χ1) is 7.48. The first kappa shape index (κ1) is 13.8. The number of nitrogens with one attached hydrogen (secondary N) is 1. The number of nitrogens with zero attached hydrogens (tertiary/aromatic N) is 1. The van der Waals surface area contributed by atoms with Crippen LogP contribution in [0.3, 0.4) is 0 Å². The Morgan fingerprint density at radius 2 is 1.94 bits per heavy atom. The molecule has 0 aliphatic carbocycles. The minimum absolute atomic E-state index is 0.223. The minimum Gasteiger partial charge on any atom is -0.320 e. The van der Waals surface area contributed by atoms with Crippen molar-refractivity contribution in [2.45, 2.75) is 25.0 Å². The molecule has 4 nitrogen and oxygen atoms in total. The summed E-state index contributed by atoms with van der Waals surface area (Å²) in [4.78, 5) is 0. The third kappa shape index (κ3) is 3.36. The highest BCUT2D eigenvalue weighted by Crippen LogP contribution is 2.24. The van der Waals surface area contributed by atoms with Crippen molar-refractivity contribution < 1.29 is 17.2 Å². The van der Waals surface area contributed by atoms with E-state index in [4.69, 9.17) is 0 Å². The Morgan fingerprint density at radius 3 is 2.38 bits per heavy atom. The molecule has 1 N–H and O–H groups in total. The third-order valence-corrected chi connectivity index (χ3v) is 4.50. The molecular weight excluding hydrogens is 238 g/mol. The number of sulfonamides is 1. The molecule has 0 aromatic carbocycles. The zero-order chi connectivity index (χ0) is 12.2. The maximum Gasteiger partial charge on any atom is 0.350 e. The van der Waals surface area contributed by atoms with E-state index in [1.54, 1.807) is 0 Å². The quantitative estimate of drug-likeness (QED) is 0.793.